The minimum Gasteiger partial charge on any atom is -0.395 e. The second-order valence-electron chi connectivity index (χ2n) is 2.58. The summed E-state index contributed by atoms with van der Waals surface area (Å²) < 4.78 is 13.1. The number of nitro groups is 1. The van der Waals surface area contributed by atoms with Crippen LogP contribution in [0.4, 0.5) is 15.8 Å². The molecule has 0 spiro atoms. The molecule has 0 radical (unpaired) electrons. The maximum atomic E-state index is 13.1. The third-order valence-corrected chi connectivity index (χ3v) is 1.75. The van der Waals surface area contributed by atoms with Crippen molar-refractivity contribution < 1.29 is 9.31 Å². The molecule has 4 nitrogen and oxygen atoms in total. The lowest BCUT2D eigenvalue weighted by Gasteiger charge is -1.99. The quantitative estimate of drug-likeness (QED) is 0.262. The fourth-order valence-corrected chi connectivity index (χ4v) is 1.01. The van der Waals surface area contributed by atoms with E-state index in [0.717, 1.165) is 12.1 Å². The van der Waals surface area contributed by atoms with E-state index >= 15 is 0 Å². The van der Waals surface area contributed by atoms with E-state index in [-0.39, 0.29) is 22.8 Å². The van der Waals surface area contributed by atoms with Crippen LogP contribution in [0.15, 0.2) is 12.1 Å². The summed E-state index contributed by atoms with van der Waals surface area (Å²) in [5.41, 5.74) is 4.82. The molecule has 1 aromatic carbocycles. The van der Waals surface area contributed by atoms with Gasteiger partial charge >= 0.3 is 0 Å². The SMILES string of the molecule is Nc1c(F)cc([N+](=O)[O-])cc1C#CCCl. The van der Waals surface area contributed by atoms with Gasteiger partial charge in [-0.2, -0.15) is 0 Å². The Morgan fingerprint density at radius 2 is 2.27 bits per heavy atom. The Morgan fingerprint density at radius 3 is 2.80 bits per heavy atom. The first kappa shape index (κ1) is 11.3. The summed E-state index contributed by atoms with van der Waals surface area (Å²) in [6, 6.07) is 1.86. The summed E-state index contributed by atoms with van der Waals surface area (Å²) in [5.74, 6) is 4.08. The van der Waals surface area contributed by atoms with Gasteiger partial charge in [-0.3, -0.25) is 10.1 Å². The van der Waals surface area contributed by atoms with Crippen molar-refractivity contribution >= 4 is 23.0 Å². The lowest BCUT2D eigenvalue weighted by molar-refractivity contribution is -0.385. The predicted molar refractivity (Wildman–Crippen MR) is 55.1 cm³/mol. The van der Waals surface area contributed by atoms with Gasteiger partial charge in [0.1, 0.15) is 0 Å². The summed E-state index contributed by atoms with van der Waals surface area (Å²) in [6.45, 7) is 0. The van der Waals surface area contributed by atoms with Crippen molar-refractivity contribution in [1.29, 1.82) is 0 Å². The number of nitro benzene ring substituents is 1. The molecule has 0 aliphatic carbocycles. The van der Waals surface area contributed by atoms with Gasteiger partial charge in [0.25, 0.3) is 5.69 Å². The van der Waals surface area contributed by atoms with Gasteiger partial charge < -0.3 is 5.73 Å². The Balaban J connectivity index is 3.31. The summed E-state index contributed by atoms with van der Waals surface area (Å²) in [5, 5.41) is 10.4. The number of nitrogens with two attached hydrogens (primary N) is 1. The number of non-ortho nitro benzene ring substituents is 1. The van der Waals surface area contributed by atoms with Crippen molar-refractivity contribution in [2.45, 2.75) is 0 Å². The van der Waals surface area contributed by atoms with Gasteiger partial charge in [-0.15, -0.1) is 11.6 Å². The number of benzene rings is 1. The Hall–Kier alpha value is -1.80. The van der Waals surface area contributed by atoms with Gasteiger partial charge in [-0.1, -0.05) is 11.8 Å². The average Bonchev–Trinajstić information content (AvgIpc) is 2.19. The number of nitrogens with zero attached hydrogens (tertiary/aromatic N) is 1. The summed E-state index contributed by atoms with van der Waals surface area (Å²) in [7, 11) is 0. The van der Waals surface area contributed by atoms with E-state index in [1.807, 2.05) is 0 Å². The highest BCUT2D eigenvalue weighted by atomic mass is 35.5. The summed E-state index contributed by atoms with van der Waals surface area (Å²) in [6.07, 6.45) is 0. The van der Waals surface area contributed by atoms with Crippen LogP contribution in [0.25, 0.3) is 0 Å². The zero-order valence-electron chi connectivity index (χ0n) is 7.46. The van der Waals surface area contributed by atoms with Crippen LogP contribution in [0.1, 0.15) is 5.56 Å². The van der Waals surface area contributed by atoms with Crippen LogP contribution >= 0.6 is 11.6 Å². The van der Waals surface area contributed by atoms with Crippen molar-refractivity contribution in [1.82, 2.24) is 0 Å². The first-order chi connectivity index (χ1) is 7.06. The number of rotatable bonds is 1. The molecule has 0 amide bonds. The molecular formula is C9H6ClFN2O2. The molecule has 1 aromatic rings. The molecule has 0 bridgehead atoms. The maximum Gasteiger partial charge on any atom is 0.273 e. The monoisotopic (exact) mass is 228 g/mol. The van der Waals surface area contributed by atoms with Crippen LogP contribution in [0, 0.1) is 27.8 Å². The lowest BCUT2D eigenvalue weighted by Crippen LogP contribution is -1.98. The van der Waals surface area contributed by atoms with Crippen LogP contribution in [-0.4, -0.2) is 10.8 Å². The first-order valence-corrected chi connectivity index (χ1v) is 4.38. The molecule has 78 valence electrons. The van der Waals surface area contributed by atoms with Gasteiger partial charge in [0.2, 0.25) is 0 Å². The molecule has 0 atom stereocenters. The second kappa shape index (κ2) is 4.62. The molecule has 0 heterocycles. The molecule has 2 N–H and O–H groups in total. The summed E-state index contributed by atoms with van der Waals surface area (Å²) >= 11 is 5.30. The molecule has 0 aromatic heterocycles. The number of alkyl halides is 1. The predicted octanol–water partition coefficient (Wildman–Crippen LogP) is 1.91. The van der Waals surface area contributed by atoms with E-state index in [1.165, 1.54) is 0 Å². The first-order valence-electron chi connectivity index (χ1n) is 3.84. The molecule has 0 aliphatic rings. The summed E-state index contributed by atoms with van der Waals surface area (Å²) in [4.78, 5) is 9.70. The van der Waals surface area contributed by atoms with Crippen LogP contribution in [0.2, 0.25) is 0 Å². The Bertz CT molecular complexity index is 465. The van der Waals surface area contributed by atoms with Gasteiger partial charge in [0, 0.05) is 6.07 Å². The standard InChI is InChI=1S/C9H6ClFN2O2/c10-3-1-2-6-4-7(13(14)15)5-8(11)9(6)12/h4-5H,3,12H2. The molecular weight excluding hydrogens is 223 g/mol. The minimum absolute atomic E-state index is 0.0454. The molecule has 6 heteroatoms. The van der Waals surface area contributed by atoms with Gasteiger partial charge in [-0.05, 0) is 0 Å². The third-order valence-electron chi connectivity index (χ3n) is 1.61. The van der Waals surface area contributed by atoms with E-state index in [0.29, 0.717) is 0 Å². The smallest absolute Gasteiger partial charge is 0.273 e. The number of halogens is 2. The Labute approximate surface area is 90.0 Å². The molecule has 0 saturated carbocycles. The van der Waals surface area contributed by atoms with Crippen LogP contribution in [0.5, 0.6) is 0 Å². The number of hydrogen-bond donors (Lipinski definition) is 1. The van der Waals surface area contributed by atoms with Crippen molar-refractivity contribution in [2.75, 3.05) is 11.6 Å². The van der Waals surface area contributed by atoms with Crippen molar-refractivity contribution in [3.8, 4) is 11.8 Å². The van der Waals surface area contributed by atoms with E-state index in [4.69, 9.17) is 17.3 Å². The molecule has 0 fully saturated rings. The van der Waals surface area contributed by atoms with E-state index < -0.39 is 10.7 Å². The Kier molecular flexibility index (Phi) is 3.47. The van der Waals surface area contributed by atoms with E-state index in [9.17, 15) is 14.5 Å². The Morgan fingerprint density at radius 1 is 1.60 bits per heavy atom. The normalized spacial score (nSPS) is 9.20. The van der Waals surface area contributed by atoms with Crippen LogP contribution in [0.3, 0.4) is 0 Å². The highest BCUT2D eigenvalue weighted by molar-refractivity contribution is 6.19. The molecule has 1 rings (SSSR count). The fraction of sp³-hybridized carbons (Fsp3) is 0.111. The fourth-order valence-electron chi connectivity index (χ4n) is 0.941. The molecule has 0 saturated heterocycles. The van der Waals surface area contributed by atoms with Crippen LogP contribution < -0.4 is 5.73 Å². The van der Waals surface area contributed by atoms with Crippen LogP contribution in [-0.2, 0) is 0 Å². The topological polar surface area (TPSA) is 69.2 Å². The minimum atomic E-state index is -0.858. The highest BCUT2D eigenvalue weighted by Gasteiger charge is 2.13. The third kappa shape index (κ3) is 2.58. The maximum absolute atomic E-state index is 13.1. The zero-order chi connectivity index (χ0) is 11.4. The van der Waals surface area contributed by atoms with Gasteiger partial charge in [0.05, 0.1) is 28.1 Å². The number of hydrogen-bond acceptors (Lipinski definition) is 3. The molecule has 0 unspecified atom stereocenters. The number of nitrogen functional groups attached to an aromatic ring is 1. The largest absolute Gasteiger partial charge is 0.395 e. The van der Waals surface area contributed by atoms with Gasteiger partial charge in [0.15, 0.2) is 5.82 Å². The van der Waals surface area contributed by atoms with E-state index in [2.05, 4.69) is 11.8 Å². The molecule has 15 heavy (non-hydrogen) atoms. The highest BCUT2D eigenvalue weighted by Crippen LogP contribution is 2.22. The number of anilines is 1. The second-order valence-corrected chi connectivity index (χ2v) is 2.85. The van der Waals surface area contributed by atoms with E-state index in [1.54, 1.807) is 0 Å². The molecule has 0 aliphatic heterocycles. The zero-order valence-corrected chi connectivity index (χ0v) is 8.21. The lowest BCUT2D eigenvalue weighted by atomic mass is 10.1. The van der Waals surface area contributed by atoms with Crippen molar-refractivity contribution in [3.05, 3.63) is 33.6 Å². The van der Waals surface area contributed by atoms with Gasteiger partial charge in [-0.25, -0.2) is 4.39 Å². The average molecular weight is 229 g/mol. The van der Waals surface area contributed by atoms with Crippen molar-refractivity contribution in [3.63, 3.8) is 0 Å². The van der Waals surface area contributed by atoms with Crippen molar-refractivity contribution in [2.24, 2.45) is 0 Å².